The van der Waals surface area contributed by atoms with Crippen molar-refractivity contribution in [2.75, 3.05) is 18.5 Å². The third-order valence-electron chi connectivity index (χ3n) is 3.21. The zero-order valence-electron chi connectivity index (χ0n) is 10.1. The minimum atomic E-state index is -0.170. The van der Waals surface area contributed by atoms with E-state index in [0.717, 1.165) is 29.5 Å². The summed E-state index contributed by atoms with van der Waals surface area (Å²) >= 11 is 3.38. The number of rotatable bonds is 2. The molecule has 0 aliphatic carbocycles. The molecule has 18 heavy (non-hydrogen) atoms. The number of benzene rings is 1. The Morgan fingerprint density at radius 1 is 1.61 bits per heavy atom. The van der Waals surface area contributed by atoms with Crippen LogP contribution in [0.5, 0.6) is 0 Å². The lowest BCUT2D eigenvalue weighted by atomic mass is 10.1. The van der Waals surface area contributed by atoms with Gasteiger partial charge in [0.25, 0.3) is 0 Å². The van der Waals surface area contributed by atoms with Gasteiger partial charge in [0.15, 0.2) is 0 Å². The van der Waals surface area contributed by atoms with Crippen LogP contribution in [-0.4, -0.2) is 25.5 Å². The topological polar surface area (TPSA) is 56.1 Å². The summed E-state index contributed by atoms with van der Waals surface area (Å²) in [7, 11) is 1.64. The highest BCUT2D eigenvalue weighted by Crippen LogP contribution is 2.32. The summed E-state index contributed by atoms with van der Waals surface area (Å²) in [4.78, 5) is 13.9. The average Bonchev–Trinajstić information content (AvgIpc) is 2.86. The number of amides is 1. The molecule has 0 bridgehead atoms. The van der Waals surface area contributed by atoms with Gasteiger partial charge >= 0.3 is 0 Å². The highest BCUT2D eigenvalue weighted by atomic mass is 79.9. The molecule has 1 amide bonds. The van der Waals surface area contributed by atoms with Crippen LogP contribution in [0.25, 0.3) is 0 Å². The molecular formula is C13H14BrN3O. The molecule has 0 aromatic heterocycles. The first kappa shape index (κ1) is 12.9. The largest absolute Gasteiger partial charge is 0.358 e. The molecule has 0 radical (unpaired) electrons. The van der Waals surface area contributed by atoms with E-state index in [1.54, 1.807) is 7.05 Å². The quantitative estimate of drug-likeness (QED) is 0.909. The van der Waals surface area contributed by atoms with E-state index >= 15 is 0 Å². The summed E-state index contributed by atoms with van der Waals surface area (Å²) in [6.45, 7) is 0.809. The molecule has 1 saturated heterocycles. The Morgan fingerprint density at radius 3 is 3.06 bits per heavy atom. The molecule has 1 aliphatic heterocycles. The van der Waals surface area contributed by atoms with Crippen LogP contribution in [0.15, 0.2) is 22.7 Å². The molecule has 1 N–H and O–H groups in total. The van der Waals surface area contributed by atoms with E-state index in [1.165, 1.54) is 0 Å². The lowest BCUT2D eigenvalue weighted by Gasteiger charge is -2.26. The standard InChI is InChI=1S/C13H14BrN3O/c1-16-13(18)12-6-3-7-17(12)11-5-2-4-10(14)9(11)8-15/h2,4-5,12H,3,6-7H2,1H3,(H,16,18). The molecule has 1 aromatic rings. The average molecular weight is 308 g/mol. The van der Waals surface area contributed by atoms with Crippen molar-refractivity contribution in [1.29, 1.82) is 5.26 Å². The van der Waals surface area contributed by atoms with Crippen LogP contribution < -0.4 is 10.2 Å². The summed E-state index contributed by atoms with van der Waals surface area (Å²) in [6, 6.07) is 7.65. The van der Waals surface area contributed by atoms with Crippen molar-refractivity contribution in [3.8, 4) is 6.07 Å². The highest BCUT2D eigenvalue weighted by Gasteiger charge is 2.31. The van der Waals surface area contributed by atoms with Crippen LogP contribution in [0.4, 0.5) is 5.69 Å². The molecule has 1 aliphatic rings. The predicted molar refractivity (Wildman–Crippen MR) is 73.3 cm³/mol. The molecule has 1 atom stereocenters. The van der Waals surface area contributed by atoms with Crippen LogP contribution >= 0.6 is 15.9 Å². The number of nitrogens with zero attached hydrogens (tertiary/aromatic N) is 2. The van der Waals surface area contributed by atoms with Crippen molar-refractivity contribution in [3.63, 3.8) is 0 Å². The monoisotopic (exact) mass is 307 g/mol. The van der Waals surface area contributed by atoms with Gasteiger partial charge in [-0.3, -0.25) is 4.79 Å². The van der Waals surface area contributed by atoms with Gasteiger partial charge in [0.05, 0.1) is 11.3 Å². The van der Waals surface area contributed by atoms with Crippen molar-refractivity contribution >= 4 is 27.5 Å². The first-order valence-corrected chi connectivity index (χ1v) is 6.65. The predicted octanol–water partition coefficient (Wildman–Crippen LogP) is 2.04. The van der Waals surface area contributed by atoms with Gasteiger partial charge in [-0.1, -0.05) is 6.07 Å². The van der Waals surface area contributed by atoms with Gasteiger partial charge in [-0.05, 0) is 40.9 Å². The van der Waals surface area contributed by atoms with E-state index in [9.17, 15) is 10.1 Å². The Hall–Kier alpha value is -1.54. The number of hydrogen-bond acceptors (Lipinski definition) is 3. The van der Waals surface area contributed by atoms with Gasteiger partial charge in [0.2, 0.25) is 5.91 Å². The Morgan fingerprint density at radius 2 is 2.39 bits per heavy atom. The van der Waals surface area contributed by atoms with Crippen LogP contribution in [0.2, 0.25) is 0 Å². The maximum absolute atomic E-state index is 11.8. The molecule has 0 saturated carbocycles. The fourth-order valence-corrected chi connectivity index (χ4v) is 2.80. The lowest BCUT2D eigenvalue weighted by molar-refractivity contribution is -0.121. The summed E-state index contributed by atoms with van der Waals surface area (Å²) < 4.78 is 0.769. The minimum absolute atomic E-state index is 0.0105. The number of hydrogen-bond donors (Lipinski definition) is 1. The van der Waals surface area contributed by atoms with Crippen LogP contribution in [0.1, 0.15) is 18.4 Å². The van der Waals surface area contributed by atoms with Gasteiger partial charge < -0.3 is 10.2 Å². The van der Waals surface area contributed by atoms with E-state index in [-0.39, 0.29) is 11.9 Å². The summed E-state index contributed by atoms with van der Waals surface area (Å²) in [5.41, 5.74) is 1.42. The van der Waals surface area contributed by atoms with E-state index in [1.807, 2.05) is 23.1 Å². The van der Waals surface area contributed by atoms with Crippen molar-refractivity contribution in [1.82, 2.24) is 5.32 Å². The van der Waals surface area contributed by atoms with Gasteiger partial charge in [0.1, 0.15) is 12.1 Å². The van der Waals surface area contributed by atoms with Crippen molar-refractivity contribution < 1.29 is 4.79 Å². The maximum atomic E-state index is 11.8. The molecule has 4 nitrogen and oxygen atoms in total. The van der Waals surface area contributed by atoms with Crippen molar-refractivity contribution in [3.05, 3.63) is 28.2 Å². The highest BCUT2D eigenvalue weighted by molar-refractivity contribution is 9.10. The zero-order valence-corrected chi connectivity index (χ0v) is 11.7. The molecular weight excluding hydrogens is 294 g/mol. The molecule has 5 heteroatoms. The summed E-state index contributed by atoms with van der Waals surface area (Å²) in [5.74, 6) is 0.0105. The molecule has 0 spiro atoms. The number of carbonyl (C=O) groups is 1. The van der Waals surface area contributed by atoms with Crippen LogP contribution in [-0.2, 0) is 4.79 Å². The zero-order chi connectivity index (χ0) is 13.1. The lowest BCUT2D eigenvalue weighted by Crippen LogP contribution is -2.42. The molecule has 1 heterocycles. The van der Waals surface area contributed by atoms with Gasteiger partial charge in [-0.2, -0.15) is 5.26 Å². The van der Waals surface area contributed by atoms with Crippen molar-refractivity contribution in [2.45, 2.75) is 18.9 Å². The fraction of sp³-hybridized carbons (Fsp3) is 0.385. The molecule has 1 unspecified atom stereocenters. The Kier molecular flexibility index (Phi) is 3.87. The first-order valence-electron chi connectivity index (χ1n) is 5.86. The van der Waals surface area contributed by atoms with Crippen LogP contribution in [0.3, 0.4) is 0 Å². The van der Waals surface area contributed by atoms with Gasteiger partial charge in [-0.25, -0.2) is 0 Å². The first-order chi connectivity index (χ1) is 8.69. The van der Waals surface area contributed by atoms with E-state index < -0.39 is 0 Å². The van der Waals surface area contributed by atoms with Crippen molar-refractivity contribution in [2.24, 2.45) is 0 Å². The van der Waals surface area contributed by atoms with E-state index in [0.29, 0.717) is 5.56 Å². The maximum Gasteiger partial charge on any atom is 0.242 e. The Labute approximate surface area is 115 Å². The normalized spacial score (nSPS) is 18.5. The third-order valence-corrected chi connectivity index (χ3v) is 3.88. The second kappa shape index (κ2) is 5.40. The van der Waals surface area contributed by atoms with E-state index in [4.69, 9.17) is 0 Å². The number of likely N-dealkylation sites (N-methyl/N-ethyl adjacent to an activating group) is 1. The molecule has 94 valence electrons. The number of carbonyl (C=O) groups excluding carboxylic acids is 1. The smallest absolute Gasteiger partial charge is 0.242 e. The number of nitriles is 1. The number of anilines is 1. The number of halogens is 1. The molecule has 1 fully saturated rings. The fourth-order valence-electron chi connectivity index (χ4n) is 2.36. The third kappa shape index (κ3) is 2.21. The second-order valence-electron chi connectivity index (χ2n) is 4.21. The van der Waals surface area contributed by atoms with Crippen LogP contribution in [0, 0.1) is 11.3 Å². The Bertz CT molecular complexity index is 509. The number of nitrogens with one attached hydrogen (secondary N) is 1. The second-order valence-corrected chi connectivity index (χ2v) is 5.07. The minimum Gasteiger partial charge on any atom is -0.358 e. The Balaban J connectivity index is 2.40. The van der Waals surface area contributed by atoms with Gasteiger partial charge in [0, 0.05) is 18.1 Å². The molecule has 1 aromatic carbocycles. The summed E-state index contributed by atoms with van der Waals surface area (Å²) in [6.07, 6.45) is 1.80. The van der Waals surface area contributed by atoms with E-state index in [2.05, 4.69) is 27.3 Å². The molecule has 2 rings (SSSR count). The van der Waals surface area contributed by atoms with Gasteiger partial charge in [-0.15, -0.1) is 0 Å². The summed E-state index contributed by atoms with van der Waals surface area (Å²) in [5, 5.41) is 11.9. The SMILES string of the molecule is CNC(=O)C1CCCN1c1cccc(Br)c1C#N.